The van der Waals surface area contributed by atoms with E-state index >= 15 is 0 Å². The molecule has 2 nitrogen and oxygen atoms in total. The van der Waals surface area contributed by atoms with Crippen molar-refractivity contribution in [3.63, 3.8) is 0 Å². The van der Waals surface area contributed by atoms with Crippen molar-refractivity contribution in [2.24, 2.45) is 5.92 Å². The van der Waals surface area contributed by atoms with Gasteiger partial charge >= 0.3 is 0 Å². The van der Waals surface area contributed by atoms with Crippen molar-refractivity contribution < 1.29 is 4.84 Å². The minimum absolute atomic E-state index is 0.332. The molecule has 1 unspecified atom stereocenters. The fourth-order valence-electron chi connectivity index (χ4n) is 0.440. The van der Waals surface area contributed by atoms with Gasteiger partial charge in [0.1, 0.15) is 0 Å². The zero-order chi connectivity index (χ0) is 7.98. The smallest absolute Gasteiger partial charge is 0.0759 e. The Bertz CT molecular complexity index is 73.7. The topological polar surface area (TPSA) is 21.3 Å². The summed E-state index contributed by atoms with van der Waals surface area (Å²) in [5, 5.41) is 0. The Morgan fingerprint density at radius 2 is 1.90 bits per heavy atom. The fraction of sp³-hybridized carbons (Fsp3) is 1.00. The van der Waals surface area contributed by atoms with Crippen molar-refractivity contribution in [1.29, 1.82) is 0 Å². The molecule has 0 aliphatic heterocycles. The zero-order valence-corrected chi connectivity index (χ0v) is 7.48. The second kappa shape index (κ2) is 5.69. The molecule has 0 amide bonds. The molecule has 0 rings (SSSR count). The summed E-state index contributed by atoms with van der Waals surface area (Å²) in [6, 6.07) is 0. The Balaban J connectivity index is 3.03. The minimum Gasteiger partial charge on any atom is -0.299 e. The highest BCUT2D eigenvalue weighted by molar-refractivity contribution is 4.45. The van der Waals surface area contributed by atoms with Crippen LogP contribution in [0, 0.1) is 5.92 Å². The summed E-state index contributed by atoms with van der Waals surface area (Å²) in [5.41, 5.74) is 2.94. The van der Waals surface area contributed by atoms with Crippen LogP contribution >= 0.6 is 0 Å². The number of nitrogens with one attached hydrogen (secondary N) is 1. The van der Waals surface area contributed by atoms with Gasteiger partial charge in [-0.15, -0.1) is 0 Å². The molecule has 0 saturated carbocycles. The first-order valence-electron chi connectivity index (χ1n) is 4.05. The Morgan fingerprint density at radius 3 is 2.30 bits per heavy atom. The number of hydrogen-bond acceptors (Lipinski definition) is 2. The van der Waals surface area contributed by atoms with Crippen LogP contribution in [0.4, 0.5) is 0 Å². The van der Waals surface area contributed by atoms with E-state index in [1.54, 1.807) is 0 Å². The van der Waals surface area contributed by atoms with Gasteiger partial charge in [0.05, 0.1) is 6.10 Å². The lowest BCUT2D eigenvalue weighted by Crippen LogP contribution is -2.24. The molecular weight excluding hydrogens is 126 g/mol. The van der Waals surface area contributed by atoms with Gasteiger partial charge in [-0.3, -0.25) is 4.84 Å². The van der Waals surface area contributed by atoms with Gasteiger partial charge in [0, 0.05) is 6.54 Å². The van der Waals surface area contributed by atoms with Gasteiger partial charge in [-0.25, -0.2) is 5.48 Å². The average molecular weight is 145 g/mol. The van der Waals surface area contributed by atoms with Gasteiger partial charge in [-0.1, -0.05) is 20.8 Å². The fourth-order valence-corrected chi connectivity index (χ4v) is 0.440. The van der Waals surface area contributed by atoms with Crippen molar-refractivity contribution in [2.45, 2.75) is 40.2 Å². The van der Waals surface area contributed by atoms with Crippen LogP contribution in [-0.2, 0) is 4.84 Å². The summed E-state index contributed by atoms with van der Waals surface area (Å²) in [4.78, 5) is 5.25. The van der Waals surface area contributed by atoms with E-state index in [1.807, 2.05) is 0 Å². The Morgan fingerprint density at radius 1 is 1.30 bits per heavy atom. The van der Waals surface area contributed by atoms with E-state index in [1.165, 1.54) is 0 Å². The van der Waals surface area contributed by atoms with Crippen LogP contribution < -0.4 is 5.48 Å². The monoisotopic (exact) mass is 145 g/mol. The molecule has 0 heterocycles. The third-order valence-corrected chi connectivity index (χ3v) is 1.35. The van der Waals surface area contributed by atoms with E-state index in [4.69, 9.17) is 4.84 Å². The standard InChI is InChI=1S/C8H19NO/c1-5-8(4)10-9-6-7(2)3/h7-9H,5-6H2,1-4H3. The molecule has 0 aromatic rings. The molecule has 0 saturated heterocycles. The number of rotatable bonds is 5. The number of hydroxylamine groups is 1. The van der Waals surface area contributed by atoms with Crippen molar-refractivity contribution >= 4 is 0 Å². The highest BCUT2D eigenvalue weighted by Gasteiger charge is 1.97. The summed E-state index contributed by atoms with van der Waals surface area (Å²) < 4.78 is 0. The molecule has 10 heavy (non-hydrogen) atoms. The molecule has 0 aliphatic carbocycles. The second-order valence-electron chi connectivity index (χ2n) is 3.08. The van der Waals surface area contributed by atoms with E-state index in [0.717, 1.165) is 13.0 Å². The van der Waals surface area contributed by atoms with E-state index in [2.05, 4.69) is 33.2 Å². The lowest BCUT2D eigenvalue weighted by molar-refractivity contribution is -0.0207. The predicted molar refractivity (Wildman–Crippen MR) is 43.7 cm³/mol. The Labute approximate surface area is 63.9 Å². The number of hydrogen-bond donors (Lipinski definition) is 1. The maximum Gasteiger partial charge on any atom is 0.0759 e. The third kappa shape index (κ3) is 6.05. The summed E-state index contributed by atoms with van der Waals surface area (Å²) >= 11 is 0. The quantitative estimate of drug-likeness (QED) is 0.597. The molecule has 0 spiro atoms. The van der Waals surface area contributed by atoms with Crippen molar-refractivity contribution in [3.05, 3.63) is 0 Å². The van der Waals surface area contributed by atoms with Gasteiger partial charge in [0.15, 0.2) is 0 Å². The first-order chi connectivity index (χ1) is 4.66. The molecule has 0 aromatic carbocycles. The summed E-state index contributed by atoms with van der Waals surface area (Å²) in [6.45, 7) is 9.43. The molecule has 0 aliphatic rings. The first kappa shape index (κ1) is 9.92. The van der Waals surface area contributed by atoms with Crippen LogP contribution in [0.25, 0.3) is 0 Å². The second-order valence-corrected chi connectivity index (χ2v) is 3.08. The first-order valence-corrected chi connectivity index (χ1v) is 4.05. The van der Waals surface area contributed by atoms with Gasteiger partial charge < -0.3 is 0 Å². The maximum atomic E-state index is 5.25. The van der Waals surface area contributed by atoms with Crippen molar-refractivity contribution in [1.82, 2.24) is 5.48 Å². The summed E-state index contributed by atoms with van der Waals surface area (Å²) in [7, 11) is 0. The van der Waals surface area contributed by atoms with E-state index in [-0.39, 0.29) is 0 Å². The van der Waals surface area contributed by atoms with Gasteiger partial charge in [-0.05, 0) is 19.3 Å². The van der Waals surface area contributed by atoms with Crippen LogP contribution in [0.2, 0.25) is 0 Å². The molecule has 0 fully saturated rings. The molecule has 2 heteroatoms. The molecule has 0 bridgehead atoms. The molecule has 1 atom stereocenters. The van der Waals surface area contributed by atoms with Crippen LogP contribution in [0.5, 0.6) is 0 Å². The minimum atomic E-state index is 0.332. The average Bonchev–Trinajstić information content (AvgIpc) is 1.87. The van der Waals surface area contributed by atoms with Crippen LogP contribution in [0.3, 0.4) is 0 Å². The van der Waals surface area contributed by atoms with Crippen LogP contribution in [-0.4, -0.2) is 12.6 Å². The van der Waals surface area contributed by atoms with Crippen LogP contribution in [0.1, 0.15) is 34.1 Å². The van der Waals surface area contributed by atoms with Crippen molar-refractivity contribution in [3.8, 4) is 0 Å². The molecular formula is C8H19NO. The van der Waals surface area contributed by atoms with E-state index in [9.17, 15) is 0 Å². The Hall–Kier alpha value is -0.0800. The largest absolute Gasteiger partial charge is 0.299 e. The summed E-state index contributed by atoms with van der Waals surface area (Å²) in [5.74, 6) is 0.657. The van der Waals surface area contributed by atoms with Crippen LogP contribution in [0.15, 0.2) is 0 Å². The molecule has 0 radical (unpaired) electrons. The normalized spacial score (nSPS) is 14.1. The SMILES string of the molecule is CCC(C)ONCC(C)C. The van der Waals surface area contributed by atoms with Gasteiger partial charge in [0.2, 0.25) is 0 Å². The Kier molecular flexibility index (Phi) is 5.64. The van der Waals surface area contributed by atoms with E-state index in [0.29, 0.717) is 12.0 Å². The summed E-state index contributed by atoms with van der Waals surface area (Å²) in [6.07, 6.45) is 1.39. The highest BCUT2D eigenvalue weighted by Crippen LogP contribution is 1.93. The maximum absolute atomic E-state index is 5.25. The van der Waals surface area contributed by atoms with Crippen molar-refractivity contribution in [2.75, 3.05) is 6.54 Å². The lowest BCUT2D eigenvalue weighted by Gasteiger charge is -2.12. The lowest BCUT2D eigenvalue weighted by atomic mass is 10.2. The predicted octanol–water partition coefficient (Wildman–Crippen LogP) is 1.96. The zero-order valence-electron chi connectivity index (χ0n) is 7.48. The highest BCUT2D eigenvalue weighted by atomic mass is 16.7. The molecule has 0 aromatic heterocycles. The molecule has 1 N–H and O–H groups in total. The van der Waals surface area contributed by atoms with Gasteiger partial charge in [0.25, 0.3) is 0 Å². The van der Waals surface area contributed by atoms with E-state index < -0.39 is 0 Å². The molecule has 62 valence electrons. The van der Waals surface area contributed by atoms with Gasteiger partial charge in [-0.2, -0.15) is 0 Å². The third-order valence-electron chi connectivity index (χ3n) is 1.35.